The molecule has 2 nitrogen and oxygen atoms in total. The van der Waals surface area contributed by atoms with Crippen LogP contribution in [-0.2, 0) is 0 Å². The Morgan fingerprint density at radius 2 is 1.86 bits per heavy atom. The number of aromatic nitrogens is 2. The lowest BCUT2D eigenvalue weighted by Gasteiger charge is -2.08. The lowest BCUT2D eigenvalue weighted by Crippen LogP contribution is -1.99. The Kier molecular flexibility index (Phi) is 3.63. The molecule has 0 saturated carbocycles. The van der Waals surface area contributed by atoms with Crippen molar-refractivity contribution >= 4 is 38.4 Å². The first-order valence-electron chi connectivity index (χ1n) is 6.05. The van der Waals surface area contributed by atoms with E-state index in [2.05, 4.69) is 25.9 Å². The average molecular weight is 370 g/mol. The summed E-state index contributed by atoms with van der Waals surface area (Å²) in [5.74, 6) is -1.46. The largest absolute Gasteiger partial charge is 0.228 e. The van der Waals surface area contributed by atoms with E-state index in [4.69, 9.17) is 11.6 Å². The highest BCUT2D eigenvalue weighted by Gasteiger charge is 2.18. The van der Waals surface area contributed by atoms with Crippen LogP contribution in [0.2, 0.25) is 5.15 Å². The first-order chi connectivity index (χ1) is 9.97. The van der Waals surface area contributed by atoms with Gasteiger partial charge in [-0.15, -0.1) is 0 Å². The Bertz CT molecular complexity index is 868. The summed E-state index contributed by atoms with van der Waals surface area (Å²) >= 11 is 9.42. The highest BCUT2D eigenvalue weighted by Crippen LogP contribution is 2.30. The fourth-order valence-corrected chi connectivity index (χ4v) is 2.63. The van der Waals surface area contributed by atoms with E-state index in [1.54, 1.807) is 25.1 Å². The summed E-state index contributed by atoms with van der Waals surface area (Å²) < 4.78 is 28.9. The molecule has 0 unspecified atom stereocenters. The maximum Gasteiger partial charge on any atom is 0.167 e. The average Bonchev–Trinajstić information content (AvgIpc) is 2.43. The second kappa shape index (κ2) is 5.31. The maximum absolute atomic E-state index is 14.2. The van der Waals surface area contributed by atoms with Crippen LogP contribution < -0.4 is 0 Å². The summed E-state index contributed by atoms with van der Waals surface area (Å²) in [4.78, 5) is 8.25. The molecule has 1 aromatic heterocycles. The summed E-state index contributed by atoms with van der Waals surface area (Å²) in [5.41, 5.74) is 0.568. The van der Waals surface area contributed by atoms with Crippen LogP contribution >= 0.6 is 27.5 Å². The number of halogens is 4. The zero-order valence-electron chi connectivity index (χ0n) is 10.8. The molecule has 0 N–H and O–H groups in total. The van der Waals surface area contributed by atoms with Gasteiger partial charge in [0.1, 0.15) is 16.8 Å². The van der Waals surface area contributed by atoms with E-state index >= 15 is 0 Å². The third-order valence-electron chi connectivity index (χ3n) is 3.12. The van der Waals surface area contributed by atoms with Gasteiger partial charge in [0.05, 0.1) is 11.1 Å². The number of fused-ring (bicyclic) bond motifs is 1. The molecule has 0 aliphatic heterocycles. The van der Waals surface area contributed by atoms with Crippen molar-refractivity contribution in [3.8, 4) is 11.4 Å². The van der Waals surface area contributed by atoms with E-state index in [-0.39, 0.29) is 16.5 Å². The van der Waals surface area contributed by atoms with Crippen molar-refractivity contribution < 1.29 is 8.78 Å². The molecule has 0 saturated heterocycles. The van der Waals surface area contributed by atoms with Gasteiger partial charge in [-0.3, -0.25) is 0 Å². The van der Waals surface area contributed by atoms with Crippen molar-refractivity contribution in [2.75, 3.05) is 0 Å². The predicted octanol–water partition coefficient (Wildman–Crippen LogP) is 5.30. The van der Waals surface area contributed by atoms with Gasteiger partial charge in [0.25, 0.3) is 0 Å². The lowest BCUT2D eigenvalue weighted by atomic mass is 10.1. The molecule has 3 aromatic rings. The van der Waals surface area contributed by atoms with Crippen molar-refractivity contribution in [1.29, 1.82) is 0 Å². The van der Waals surface area contributed by atoms with E-state index in [1.165, 1.54) is 12.1 Å². The summed E-state index contributed by atoms with van der Waals surface area (Å²) in [6.45, 7) is 1.55. The maximum atomic E-state index is 14.2. The van der Waals surface area contributed by atoms with E-state index in [0.717, 1.165) is 4.47 Å². The minimum atomic E-state index is -0.719. The first-order valence-corrected chi connectivity index (χ1v) is 7.22. The van der Waals surface area contributed by atoms with Crippen LogP contribution in [0.3, 0.4) is 0 Å². The first kappa shape index (κ1) is 14.4. The second-order valence-electron chi connectivity index (χ2n) is 4.55. The van der Waals surface area contributed by atoms with Gasteiger partial charge in [-0.1, -0.05) is 33.6 Å². The van der Waals surface area contributed by atoms with Crippen molar-refractivity contribution in [2.45, 2.75) is 6.92 Å². The molecule has 0 aliphatic rings. The molecule has 1 heterocycles. The van der Waals surface area contributed by atoms with E-state index < -0.39 is 11.6 Å². The Morgan fingerprint density at radius 3 is 2.62 bits per heavy atom. The Morgan fingerprint density at radius 1 is 1.10 bits per heavy atom. The molecule has 21 heavy (non-hydrogen) atoms. The highest BCUT2D eigenvalue weighted by molar-refractivity contribution is 9.10. The molecule has 3 rings (SSSR count). The van der Waals surface area contributed by atoms with Crippen molar-refractivity contribution in [3.63, 3.8) is 0 Å². The van der Waals surface area contributed by atoms with Gasteiger partial charge in [-0.05, 0) is 36.8 Å². The molecule has 0 amide bonds. The van der Waals surface area contributed by atoms with Crippen LogP contribution in [0, 0.1) is 18.6 Å². The molecule has 0 radical (unpaired) electrons. The zero-order chi connectivity index (χ0) is 15.1. The molecule has 0 atom stereocenters. The second-order valence-corrected chi connectivity index (χ2v) is 5.83. The molecule has 0 bridgehead atoms. The number of aryl methyl sites for hydroxylation is 1. The summed E-state index contributed by atoms with van der Waals surface area (Å²) in [6.07, 6.45) is 0. The van der Waals surface area contributed by atoms with Gasteiger partial charge in [0, 0.05) is 9.86 Å². The minimum absolute atomic E-state index is 0.0655. The number of hydrogen-bond acceptors (Lipinski definition) is 2. The monoisotopic (exact) mass is 368 g/mol. The standard InChI is InChI=1S/C15H8BrClF2N2/c1-7-2-5-10(18)12(13(7)19)15-20-11-6-8(16)3-4-9(11)14(17)21-15/h2-6H,1H3. The fraction of sp³-hybridized carbons (Fsp3) is 0.0667. The number of benzene rings is 2. The van der Waals surface area contributed by atoms with Crippen LogP contribution in [-0.4, -0.2) is 9.97 Å². The van der Waals surface area contributed by atoms with Gasteiger partial charge in [-0.25, -0.2) is 18.7 Å². The van der Waals surface area contributed by atoms with E-state index in [1.807, 2.05) is 0 Å². The fourth-order valence-electron chi connectivity index (χ4n) is 2.04. The Balaban J connectivity index is 2.34. The van der Waals surface area contributed by atoms with Crippen LogP contribution in [0.5, 0.6) is 0 Å². The van der Waals surface area contributed by atoms with Gasteiger partial charge in [0.2, 0.25) is 0 Å². The Labute approximate surface area is 132 Å². The van der Waals surface area contributed by atoms with Crippen molar-refractivity contribution in [3.05, 3.63) is 57.2 Å². The number of rotatable bonds is 1. The smallest absolute Gasteiger partial charge is 0.167 e. The quantitative estimate of drug-likeness (QED) is 0.544. The number of nitrogens with zero attached hydrogens (tertiary/aromatic N) is 2. The summed E-state index contributed by atoms with van der Waals surface area (Å²) in [5, 5.41) is 0.778. The normalized spacial score (nSPS) is 11.1. The molecule has 0 spiro atoms. The van der Waals surface area contributed by atoms with Crippen molar-refractivity contribution in [2.24, 2.45) is 0 Å². The molecular formula is C15H8BrClF2N2. The van der Waals surface area contributed by atoms with Crippen LogP contribution in [0.1, 0.15) is 5.56 Å². The predicted molar refractivity (Wildman–Crippen MR) is 82.3 cm³/mol. The summed E-state index contributed by atoms with van der Waals surface area (Å²) in [6, 6.07) is 7.82. The van der Waals surface area contributed by atoms with Gasteiger partial charge in [-0.2, -0.15) is 0 Å². The summed E-state index contributed by atoms with van der Waals surface area (Å²) in [7, 11) is 0. The third kappa shape index (κ3) is 2.51. The van der Waals surface area contributed by atoms with E-state index in [9.17, 15) is 8.78 Å². The topological polar surface area (TPSA) is 25.8 Å². The molecular weight excluding hydrogens is 362 g/mol. The Hall–Kier alpha value is -1.59. The van der Waals surface area contributed by atoms with Crippen LogP contribution in [0.4, 0.5) is 8.78 Å². The molecule has 106 valence electrons. The molecule has 2 aromatic carbocycles. The van der Waals surface area contributed by atoms with Gasteiger partial charge < -0.3 is 0 Å². The SMILES string of the molecule is Cc1ccc(F)c(-c2nc(Cl)c3ccc(Br)cc3n2)c1F. The molecule has 0 fully saturated rings. The molecule has 6 heteroatoms. The molecule has 0 aliphatic carbocycles. The minimum Gasteiger partial charge on any atom is -0.228 e. The van der Waals surface area contributed by atoms with Crippen LogP contribution in [0.15, 0.2) is 34.8 Å². The van der Waals surface area contributed by atoms with Gasteiger partial charge >= 0.3 is 0 Å². The highest BCUT2D eigenvalue weighted by atomic mass is 79.9. The zero-order valence-corrected chi connectivity index (χ0v) is 13.1. The third-order valence-corrected chi connectivity index (χ3v) is 3.90. The van der Waals surface area contributed by atoms with Crippen molar-refractivity contribution in [1.82, 2.24) is 9.97 Å². The van der Waals surface area contributed by atoms with E-state index in [0.29, 0.717) is 16.5 Å². The number of hydrogen-bond donors (Lipinski definition) is 0. The van der Waals surface area contributed by atoms with Crippen LogP contribution in [0.25, 0.3) is 22.3 Å². The lowest BCUT2D eigenvalue weighted by molar-refractivity contribution is 0.582. The van der Waals surface area contributed by atoms with Gasteiger partial charge in [0.15, 0.2) is 5.82 Å².